The van der Waals surface area contributed by atoms with E-state index in [1.54, 1.807) is 33.5 Å². The first-order valence-electron chi connectivity index (χ1n) is 9.02. The van der Waals surface area contributed by atoms with Gasteiger partial charge in [0.2, 0.25) is 5.91 Å². The molecule has 1 aliphatic heterocycles. The highest BCUT2D eigenvalue weighted by atomic mass is 32.1. The van der Waals surface area contributed by atoms with Crippen molar-refractivity contribution in [1.29, 1.82) is 0 Å². The third-order valence-electron chi connectivity index (χ3n) is 5.04. The number of fused-ring (bicyclic) bond motifs is 1. The number of hydrogen-bond donors (Lipinski definition) is 1. The molecule has 150 valence electrons. The van der Waals surface area contributed by atoms with Crippen LogP contribution in [-0.2, 0) is 4.79 Å². The van der Waals surface area contributed by atoms with Crippen LogP contribution in [0.15, 0.2) is 41.8 Å². The average molecular weight is 413 g/mol. The largest absolute Gasteiger partial charge is 0.496 e. The lowest BCUT2D eigenvalue weighted by Crippen LogP contribution is -2.22. The number of benzene rings is 2. The van der Waals surface area contributed by atoms with Crippen LogP contribution in [0.5, 0.6) is 17.2 Å². The van der Waals surface area contributed by atoms with E-state index in [0.717, 1.165) is 27.3 Å². The van der Waals surface area contributed by atoms with Crippen molar-refractivity contribution in [2.75, 3.05) is 26.6 Å². The molecule has 0 spiro atoms. The minimum Gasteiger partial charge on any atom is -0.496 e. The molecule has 0 bridgehead atoms. The third-order valence-corrected chi connectivity index (χ3v) is 6.13. The van der Waals surface area contributed by atoms with Crippen molar-refractivity contribution in [3.8, 4) is 28.4 Å². The van der Waals surface area contributed by atoms with Gasteiger partial charge in [0.1, 0.15) is 11.6 Å². The van der Waals surface area contributed by atoms with Gasteiger partial charge >= 0.3 is 0 Å². The fraction of sp³-hybridized carbons (Fsp3) is 0.227. The molecule has 4 rings (SSSR count). The maximum Gasteiger partial charge on any atom is 0.225 e. The SMILES string of the molecule is COc1cc(OC)c(C2CC(=O)Nc3c(-c4cccc(F)c4)csc32)cc1OC. The number of nitrogens with one attached hydrogen (secondary N) is 1. The van der Waals surface area contributed by atoms with Crippen molar-refractivity contribution in [1.82, 2.24) is 0 Å². The van der Waals surface area contributed by atoms with E-state index in [1.165, 1.54) is 23.5 Å². The van der Waals surface area contributed by atoms with Crippen LogP contribution in [0.1, 0.15) is 22.8 Å². The van der Waals surface area contributed by atoms with Gasteiger partial charge in [-0.2, -0.15) is 0 Å². The Bertz CT molecular complexity index is 1080. The molecule has 1 unspecified atom stereocenters. The van der Waals surface area contributed by atoms with Crippen LogP contribution in [0.25, 0.3) is 11.1 Å². The number of carbonyl (C=O) groups excluding carboxylic acids is 1. The summed E-state index contributed by atoms with van der Waals surface area (Å²) < 4.78 is 30.1. The Kier molecular flexibility index (Phi) is 5.15. The predicted molar refractivity (Wildman–Crippen MR) is 111 cm³/mol. The van der Waals surface area contributed by atoms with E-state index in [4.69, 9.17) is 14.2 Å². The molecule has 0 saturated heterocycles. The van der Waals surface area contributed by atoms with Gasteiger partial charge < -0.3 is 19.5 Å². The molecular weight excluding hydrogens is 393 g/mol. The van der Waals surface area contributed by atoms with Crippen LogP contribution < -0.4 is 19.5 Å². The second-order valence-electron chi connectivity index (χ2n) is 6.65. The third kappa shape index (κ3) is 3.42. The number of amides is 1. The zero-order valence-electron chi connectivity index (χ0n) is 16.2. The molecule has 0 radical (unpaired) electrons. The molecule has 2 aromatic carbocycles. The van der Waals surface area contributed by atoms with Gasteiger partial charge in [-0.15, -0.1) is 11.3 Å². The van der Waals surface area contributed by atoms with Gasteiger partial charge in [-0.1, -0.05) is 12.1 Å². The summed E-state index contributed by atoms with van der Waals surface area (Å²) in [6.45, 7) is 0. The average Bonchev–Trinajstić information content (AvgIpc) is 3.15. The Morgan fingerprint density at radius 2 is 1.76 bits per heavy atom. The maximum atomic E-state index is 13.7. The molecule has 0 fully saturated rings. The first-order chi connectivity index (χ1) is 14.0. The Morgan fingerprint density at radius 3 is 2.45 bits per heavy atom. The molecule has 0 saturated carbocycles. The number of anilines is 1. The number of carbonyl (C=O) groups is 1. The highest BCUT2D eigenvalue weighted by molar-refractivity contribution is 7.11. The van der Waals surface area contributed by atoms with E-state index in [9.17, 15) is 9.18 Å². The fourth-order valence-corrected chi connectivity index (χ4v) is 4.82. The lowest BCUT2D eigenvalue weighted by molar-refractivity contribution is -0.116. The van der Waals surface area contributed by atoms with E-state index in [0.29, 0.717) is 17.2 Å². The topological polar surface area (TPSA) is 56.8 Å². The van der Waals surface area contributed by atoms with Crippen LogP contribution >= 0.6 is 11.3 Å². The zero-order chi connectivity index (χ0) is 20.5. The summed E-state index contributed by atoms with van der Waals surface area (Å²) in [5, 5.41) is 4.92. The molecule has 1 amide bonds. The quantitative estimate of drug-likeness (QED) is 0.636. The Balaban J connectivity index is 1.86. The monoisotopic (exact) mass is 413 g/mol. The molecule has 1 atom stereocenters. The number of halogens is 1. The van der Waals surface area contributed by atoms with Crippen molar-refractivity contribution in [2.45, 2.75) is 12.3 Å². The minimum absolute atomic E-state index is 0.101. The molecule has 1 N–H and O–H groups in total. The number of thiophene rings is 1. The summed E-state index contributed by atoms with van der Waals surface area (Å²) in [7, 11) is 4.72. The molecular formula is C22H20FNO4S. The molecule has 0 aliphatic carbocycles. The van der Waals surface area contributed by atoms with Crippen LogP contribution in [0, 0.1) is 5.82 Å². The molecule has 1 aromatic heterocycles. The van der Waals surface area contributed by atoms with Crippen molar-refractivity contribution < 1.29 is 23.4 Å². The highest BCUT2D eigenvalue weighted by Crippen LogP contribution is 2.50. The van der Waals surface area contributed by atoms with Gasteiger partial charge in [0.25, 0.3) is 0 Å². The van der Waals surface area contributed by atoms with Crippen molar-refractivity contribution >= 4 is 22.9 Å². The minimum atomic E-state index is -0.317. The number of methoxy groups -OCH3 is 3. The van der Waals surface area contributed by atoms with E-state index in [1.807, 2.05) is 17.5 Å². The Hall–Kier alpha value is -3.06. The van der Waals surface area contributed by atoms with Gasteiger partial charge in [0.05, 0.1) is 27.0 Å². The van der Waals surface area contributed by atoms with Gasteiger partial charge in [-0.25, -0.2) is 4.39 Å². The fourth-order valence-electron chi connectivity index (χ4n) is 3.67. The molecule has 2 heterocycles. The van der Waals surface area contributed by atoms with E-state index in [-0.39, 0.29) is 24.1 Å². The number of ether oxygens (including phenoxy) is 3. The van der Waals surface area contributed by atoms with Crippen molar-refractivity contribution in [3.05, 3.63) is 58.0 Å². The number of rotatable bonds is 5. The second-order valence-corrected chi connectivity index (χ2v) is 7.56. The molecule has 1 aliphatic rings. The first kappa shape index (κ1) is 19.3. The van der Waals surface area contributed by atoms with Gasteiger partial charge in [0.15, 0.2) is 11.5 Å². The summed E-state index contributed by atoms with van der Waals surface area (Å²) in [5.74, 6) is 1.12. The second kappa shape index (κ2) is 7.75. The normalized spacial score (nSPS) is 15.4. The van der Waals surface area contributed by atoms with Crippen LogP contribution in [0.2, 0.25) is 0 Å². The molecule has 29 heavy (non-hydrogen) atoms. The zero-order valence-corrected chi connectivity index (χ0v) is 17.1. The lowest BCUT2D eigenvalue weighted by Gasteiger charge is -2.26. The van der Waals surface area contributed by atoms with Gasteiger partial charge in [-0.05, 0) is 23.8 Å². The summed E-state index contributed by atoms with van der Waals surface area (Å²) in [5.41, 5.74) is 3.09. The van der Waals surface area contributed by atoms with Crippen molar-refractivity contribution in [3.63, 3.8) is 0 Å². The summed E-state index contributed by atoms with van der Waals surface area (Å²) in [6, 6.07) is 9.98. The Labute approximate surface area is 172 Å². The standard InChI is InChI=1S/C22H20FNO4S/c1-26-17-10-19(28-3)18(27-2)8-14(17)15-9-20(25)24-21-16(11-29-22(15)21)12-5-4-6-13(23)7-12/h4-8,10-11,15H,9H2,1-3H3,(H,24,25). The lowest BCUT2D eigenvalue weighted by atomic mass is 9.88. The molecule has 7 heteroatoms. The maximum absolute atomic E-state index is 13.7. The predicted octanol–water partition coefficient (Wildman–Crippen LogP) is 5.05. The van der Waals surface area contributed by atoms with Crippen LogP contribution in [0.3, 0.4) is 0 Å². The Morgan fingerprint density at radius 1 is 1.03 bits per heavy atom. The number of hydrogen-bond acceptors (Lipinski definition) is 5. The first-order valence-corrected chi connectivity index (χ1v) is 9.90. The summed E-state index contributed by atoms with van der Waals surface area (Å²) >= 11 is 1.54. The van der Waals surface area contributed by atoms with Gasteiger partial charge in [-0.3, -0.25) is 4.79 Å². The van der Waals surface area contributed by atoms with Crippen LogP contribution in [0.4, 0.5) is 10.1 Å². The molecule has 3 aromatic rings. The molecule has 5 nitrogen and oxygen atoms in total. The van der Waals surface area contributed by atoms with Crippen LogP contribution in [-0.4, -0.2) is 27.2 Å². The van der Waals surface area contributed by atoms with E-state index < -0.39 is 0 Å². The highest BCUT2D eigenvalue weighted by Gasteiger charge is 2.33. The smallest absolute Gasteiger partial charge is 0.225 e. The van der Waals surface area contributed by atoms with Crippen molar-refractivity contribution in [2.24, 2.45) is 0 Å². The summed E-state index contributed by atoms with van der Waals surface area (Å²) in [4.78, 5) is 13.6. The van der Waals surface area contributed by atoms with E-state index in [2.05, 4.69) is 5.32 Å². The van der Waals surface area contributed by atoms with Gasteiger partial charge in [0, 0.05) is 39.8 Å². The summed E-state index contributed by atoms with van der Waals surface area (Å²) in [6.07, 6.45) is 0.280. The van der Waals surface area contributed by atoms with E-state index >= 15 is 0 Å².